The highest BCUT2D eigenvalue weighted by Gasteiger charge is 2.15. The van der Waals surface area contributed by atoms with Crippen LogP contribution >= 0.6 is 0 Å². The quantitative estimate of drug-likeness (QED) is 0.434. The molecule has 0 saturated carbocycles. The van der Waals surface area contributed by atoms with Crippen LogP contribution in [-0.2, 0) is 17.8 Å². The molecule has 7 nitrogen and oxygen atoms in total. The number of aryl methyl sites for hydroxylation is 1. The minimum atomic E-state index is 0.188. The molecule has 3 heterocycles. The molecule has 4 aromatic rings. The lowest BCUT2D eigenvalue weighted by Crippen LogP contribution is -2.15. The second kappa shape index (κ2) is 9.05. The Hall–Kier alpha value is -2.93. The number of H-pyrrole nitrogens is 1. The van der Waals surface area contributed by atoms with E-state index in [2.05, 4.69) is 43.6 Å². The van der Waals surface area contributed by atoms with E-state index >= 15 is 0 Å². The minimum absolute atomic E-state index is 0.188. The van der Waals surface area contributed by atoms with Crippen molar-refractivity contribution in [2.75, 3.05) is 7.11 Å². The topological polar surface area (TPSA) is 77.3 Å². The van der Waals surface area contributed by atoms with Crippen LogP contribution in [0.5, 0.6) is 5.75 Å². The van der Waals surface area contributed by atoms with Gasteiger partial charge in [0.25, 0.3) is 0 Å². The zero-order valence-corrected chi connectivity index (χ0v) is 17.0. The normalized spacial score (nSPS) is 12.6. The minimum Gasteiger partial charge on any atom is -0.497 e. The van der Waals surface area contributed by atoms with Crippen molar-refractivity contribution in [2.45, 2.75) is 51.7 Å². The molecular formula is C22H27N5O2. The van der Waals surface area contributed by atoms with Crippen molar-refractivity contribution in [1.82, 2.24) is 24.6 Å². The van der Waals surface area contributed by atoms with Gasteiger partial charge in [-0.3, -0.25) is 4.40 Å². The summed E-state index contributed by atoms with van der Waals surface area (Å²) in [5.41, 5.74) is 3.78. The van der Waals surface area contributed by atoms with Gasteiger partial charge in [-0.2, -0.15) is 0 Å². The SMILES string of the molecule is CCCCC(CCc1nnc2cnc3[nH]ccc3n12)OCc1ccc(OC)cc1. The molecule has 0 aliphatic rings. The molecule has 1 N–H and O–H groups in total. The predicted molar refractivity (Wildman–Crippen MR) is 112 cm³/mol. The molecule has 0 saturated heterocycles. The van der Waals surface area contributed by atoms with Crippen molar-refractivity contribution in [3.63, 3.8) is 0 Å². The van der Waals surface area contributed by atoms with Gasteiger partial charge in [0, 0.05) is 12.6 Å². The Morgan fingerprint density at radius 1 is 1.10 bits per heavy atom. The van der Waals surface area contributed by atoms with Crippen molar-refractivity contribution in [3.05, 3.63) is 54.1 Å². The van der Waals surface area contributed by atoms with Crippen LogP contribution in [0.3, 0.4) is 0 Å². The van der Waals surface area contributed by atoms with Crippen LogP contribution in [0, 0.1) is 0 Å². The Morgan fingerprint density at radius 2 is 1.97 bits per heavy atom. The number of fused-ring (bicyclic) bond motifs is 3. The van der Waals surface area contributed by atoms with E-state index in [0.717, 1.165) is 66.1 Å². The van der Waals surface area contributed by atoms with E-state index in [0.29, 0.717) is 6.61 Å². The summed E-state index contributed by atoms with van der Waals surface area (Å²) < 4.78 is 13.6. The number of hydrogen-bond donors (Lipinski definition) is 1. The van der Waals surface area contributed by atoms with Crippen molar-refractivity contribution < 1.29 is 9.47 Å². The number of hydrogen-bond acceptors (Lipinski definition) is 5. The van der Waals surface area contributed by atoms with Crippen molar-refractivity contribution in [3.8, 4) is 5.75 Å². The summed E-state index contributed by atoms with van der Waals surface area (Å²) in [6.45, 7) is 2.81. The molecule has 0 radical (unpaired) electrons. The smallest absolute Gasteiger partial charge is 0.179 e. The van der Waals surface area contributed by atoms with Crippen LogP contribution in [0.4, 0.5) is 0 Å². The van der Waals surface area contributed by atoms with Crippen LogP contribution in [0.15, 0.2) is 42.7 Å². The van der Waals surface area contributed by atoms with Gasteiger partial charge in [-0.1, -0.05) is 31.9 Å². The maximum Gasteiger partial charge on any atom is 0.179 e. The third-order valence-electron chi connectivity index (χ3n) is 5.22. The maximum absolute atomic E-state index is 6.27. The lowest BCUT2D eigenvalue weighted by atomic mass is 10.1. The average molecular weight is 393 g/mol. The van der Waals surface area contributed by atoms with E-state index in [4.69, 9.17) is 9.47 Å². The lowest BCUT2D eigenvalue weighted by Gasteiger charge is -2.18. The summed E-state index contributed by atoms with van der Waals surface area (Å²) in [6, 6.07) is 10.1. The number of aromatic amines is 1. The molecule has 1 unspecified atom stereocenters. The van der Waals surface area contributed by atoms with Crippen LogP contribution in [0.1, 0.15) is 44.0 Å². The van der Waals surface area contributed by atoms with E-state index in [1.54, 1.807) is 13.3 Å². The Balaban J connectivity index is 1.44. The van der Waals surface area contributed by atoms with Gasteiger partial charge in [0.1, 0.15) is 11.6 Å². The Bertz CT molecular complexity index is 1050. The van der Waals surface area contributed by atoms with Gasteiger partial charge in [-0.25, -0.2) is 4.98 Å². The standard InChI is InChI=1S/C22H27N5O2/c1-3-4-5-18(29-15-16-6-8-17(28-2)9-7-16)10-11-20-25-26-21-14-24-22-19(27(20)21)12-13-23-22/h6-9,12-14,18,23H,3-5,10-11,15H2,1-2H3. The van der Waals surface area contributed by atoms with Gasteiger partial charge in [0.2, 0.25) is 0 Å². The first-order chi connectivity index (χ1) is 14.3. The van der Waals surface area contributed by atoms with E-state index in [1.165, 1.54) is 0 Å². The zero-order chi connectivity index (χ0) is 20.1. The molecule has 152 valence electrons. The number of aromatic nitrogens is 5. The molecule has 3 aromatic heterocycles. The first-order valence-corrected chi connectivity index (χ1v) is 10.2. The Labute approximate surface area is 170 Å². The van der Waals surface area contributed by atoms with E-state index in [1.807, 2.05) is 24.4 Å². The average Bonchev–Trinajstić information content (AvgIpc) is 3.40. The summed E-state index contributed by atoms with van der Waals surface area (Å²) in [6.07, 6.45) is 8.91. The van der Waals surface area contributed by atoms with Gasteiger partial charge in [-0.15, -0.1) is 10.2 Å². The number of nitrogens with one attached hydrogen (secondary N) is 1. The van der Waals surface area contributed by atoms with Crippen molar-refractivity contribution in [2.24, 2.45) is 0 Å². The molecule has 0 amide bonds. The number of rotatable bonds is 10. The van der Waals surface area contributed by atoms with Crippen LogP contribution in [0.25, 0.3) is 16.8 Å². The van der Waals surface area contributed by atoms with E-state index < -0.39 is 0 Å². The summed E-state index contributed by atoms with van der Waals surface area (Å²) >= 11 is 0. The van der Waals surface area contributed by atoms with Gasteiger partial charge in [0.05, 0.1) is 31.5 Å². The summed E-state index contributed by atoms with van der Waals surface area (Å²) in [5.74, 6) is 1.81. The third kappa shape index (κ3) is 4.40. The molecule has 4 rings (SSSR count). The molecule has 0 spiro atoms. The van der Waals surface area contributed by atoms with Crippen LogP contribution in [0.2, 0.25) is 0 Å². The number of unbranched alkanes of at least 4 members (excludes halogenated alkanes) is 1. The summed E-state index contributed by atoms with van der Waals surface area (Å²) in [5, 5.41) is 8.69. The second-order valence-electron chi connectivity index (χ2n) is 7.24. The molecule has 1 atom stereocenters. The molecule has 0 fully saturated rings. The number of methoxy groups -OCH3 is 1. The van der Waals surface area contributed by atoms with Gasteiger partial charge < -0.3 is 14.5 Å². The second-order valence-corrected chi connectivity index (χ2v) is 7.24. The largest absolute Gasteiger partial charge is 0.497 e. The predicted octanol–water partition coefficient (Wildman–Crippen LogP) is 4.32. The zero-order valence-electron chi connectivity index (χ0n) is 17.0. The molecule has 0 aliphatic carbocycles. The Morgan fingerprint density at radius 3 is 2.76 bits per heavy atom. The fraction of sp³-hybridized carbons (Fsp3) is 0.409. The first kappa shape index (κ1) is 19.4. The molecule has 0 bridgehead atoms. The fourth-order valence-corrected chi connectivity index (χ4v) is 3.57. The maximum atomic E-state index is 6.27. The Kier molecular flexibility index (Phi) is 6.05. The monoisotopic (exact) mass is 393 g/mol. The summed E-state index contributed by atoms with van der Waals surface area (Å²) in [7, 11) is 1.68. The highest BCUT2D eigenvalue weighted by molar-refractivity contribution is 5.74. The van der Waals surface area contributed by atoms with Crippen LogP contribution in [-0.4, -0.2) is 37.8 Å². The molecule has 29 heavy (non-hydrogen) atoms. The number of nitrogens with zero attached hydrogens (tertiary/aromatic N) is 4. The third-order valence-corrected chi connectivity index (χ3v) is 5.22. The number of ether oxygens (including phenoxy) is 2. The molecular weight excluding hydrogens is 366 g/mol. The van der Waals surface area contributed by atoms with Crippen LogP contribution < -0.4 is 4.74 Å². The van der Waals surface area contributed by atoms with Crippen molar-refractivity contribution in [1.29, 1.82) is 0 Å². The van der Waals surface area contributed by atoms with Crippen molar-refractivity contribution >= 4 is 16.8 Å². The highest BCUT2D eigenvalue weighted by Crippen LogP contribution is 2.19. The first-order valence-electron chi connectivity index (χ1n) is 10.2. The van der Waals surface area contributed by atoms with Gasteiger partial charge in [-0.05, 0) is 36.6 Å². The number of benzene rings is 1. The van der Waals surface area contributed by atoms with E-state index in [-0.39, 0.29) is 6.10 Å². The fourth-order valence-electron chi connectivity index (χ4n) is 3.57. The molecule has 7 heteroatoms. The van der Waals surface area contributed by atoms with E-state index in [9.17, 15) is 0 Å². The van der Waals surface area contributed by atoms with Gasteiger partial charge >= 0.3 is 0 Å². The van der Waals surface area contributed by atoms with Gasteiger partial charge in [0.15, 0.2) is 11.3 Å². The lowest BCUT2D eigenvalue weighted by molar-refractivity contribution is 0.0279. The summed E-state index contributed by atoms with van der Waals surface area (Å²) in [4.78, 5) is 7.53. The highest BCUT2D eigenvalue weighted by atomic mass is 16.5. The molecule has 1 aromatic carbocycles. The molecule has 0 aliphatic heterocycles.